The second-order valence-corrected chi connectivity index (χ2v) is 2.37. The maximum absolute atomic E-state index is 10.2. The lowest BCUT2D eigenvalue weighted by Crippen LogP contribution is -1.97. The molecule has 0 N–H and O–H groups in total. The molecule has 0 bridgehead atoms. The van der Waals surface area contributed by atoms with Crippen LogP contribution < -0.4 is 5.44 Å². The van der Waals surface area contributed by atoms with Crippen LogP contribution in [0.25, 0.3) is 0 Å². The van der Waals surface area contributed by atoms with Crippen LogP contribution >= 0.6 is 8.46 Å². The van der Waals surface area contributed by atoms with Crippen molar-refractivity contribution in [3.63, 3.8) is 0 Å². The number of aromatic nitrogens is 1. The Morgan fingerprint density at radius 3 is 2.78 bits per heavy atom. The van der Waals surface area contributed by atoms with Gasteiger partial charge in [0.25, 0.3) is 0 Å². The van der Waals surface area contributed by atoms with Crippen molar-refractivity contribution >= 4 is 13.9 Å². The lowest BCUT2D eigenvalue weighted by molar-refractivity contribution is 0.602. The van der Waals surface area contributed by atoms with E-state index in [-0.39, 0.29) is 8.46 Å². The molecule has 0 atom stereocenters. The predicted molar refractivity (Wildman–Crippen MR) is 36.2 cm³/mol. The van der Waals surface area contributed by atoms with Gasteiger partial charge in [-0.25, -0.2) is 4.98 Å². The molecule has 0 aliphatic carbocycles. The Balaban J connectivity index is 3.07. The van der Waals surface area contributed by atoms with E-state index in [4.69, 9.17) is 0 Å². The lowest BCUT2D eigenvalue weighted by atomic mass is 10.4. The molecule has 0 aliphatic rings. The van der Waals surface area contributed by atoms with Crippen molar-refractivity contribution < 1.29 is 4.57 Å². The molecule has 0 saturated heterocycles. The van der Waals surface area contributed by atoms with Crippen LogP contribution in [-0.4, -0.2) is 4.98 Å². The fourth-order valence-corrected chi connectivity index (χ4v) is 0.925. The molecule has 0 aliphatic heterocycles. The normalized spacial score (nSPS) is 9.89. The van der Waals surface area contributed by atoms with E-state index in [1.54, 1.807) is 6.07 Å². The number of nitrogens with zero attached hydrogens (tertiary/aromatic N) is 1. The molecule has 0 aromatic carbocycles. The molecule has 0 radical (unpaired) electrons. The van der Waals surface area contributed by atoms with Crippen molar-refractivity contribution in [1.82, 2.24) is 4.98 Å². The summed E-state index contributed by atoms with van der Waals surface area (Å²) in [7, 11) is -0.00642. The number of hydrogen-bond donors (Lipinski definition) is 0. The molecular weight excluding hydrogens is 133 g/mol. The van der Waals surface area contributed by atoms with Crippen LogP contribution in [0.15, 0.2) is 18.2 Å². The average Bonchev–Trinajstić information content (AvgIpc) is 1.88. The van der Waals surface area contributed by atoms with Gasteiger partial charge < -0.3 is 0 Å². The Labute approximate surface area is 55.1 Å². The van der Waals surface area contributed by atoms with Gasteiger partial charge in [-0.3, -0.25) is 4.57 Å². The van der Waals surface area contributed by atoms with Crippen LogP contribution in [-0.2, 0) is 4.57 Å². The molecular formula is C6H6NOP. The van der Waals surface area contributed by atoms with Crippen LogP contribution in [0.3, 0.4) is 0 Å². The van der Waals surface area contributed by atoms with Gasteiger partial charge in [-0.15, -0.1) is 0 Å². The highest BCUT2D eigenvalue weighted by Gasteiger charge is 1.89. The second kappa shape index (κ2) is 2.70. The minimum absolute atomic E-state index is 0.00642. The topological polar surface area (TPSA) is 30.0 Å². The monoisotopic (exact) mass is 139 g/mol. The van der Waals surface area contributed by atoms with Crippen LogP contribution in [0.4, 0.5) is 0 Å². The van der Waals surface area contributed by atoms with E-state index in [2.05, 4.69) is 4.98 Å². The Kier molecular flexibility index (Phi) is 1.91. The van der Waals surface area contributed by atoms with E-state index in [1.807, 2.05) is 19.1 Å². The molecule has 0 spiro atoms. The number of rotatable bonds is 1. The molecule has 9 heavy (non-hydrogen) atoms. The van der Waals surface area contributed by atoms with Crippen LogP contribution in [0.1, 0.15) is 5.69 Å². The van der Waals surface area contributed by atoms with Crippen molar-refractivity contribution in [1.29, 1.82) is 0 Å². The molecule has 1 rings (SSSR count). The first-order valence-electron chi connectivity index (χ1n) is 2.60. The second-order valence-electron chi connectivity index (χ2n) is 1.73. The van der Waals surface area contributed by atoms with Gasteiger partial charge in [-0.05, 0) is 19.1 Å². The summed E-state index contributed by atoms with van der Waals surface area (Å²) in [4.78, 5) is 3.97. The first kappa shape index (κ1) is 6.37. The Hall–Kier alpha value is -0.750. The third-order valence-electron chi connectivity index (χ3n) is 0.967. The molecule has 1 aromatic heterocycles. The summed E-state index contributed by atoms with van der Waals surface area (Å²) in [6.45, 7) is 1.87. The van der Waals surface area contributed by atoms with Crippen LogP contribution in [0.5, 0.6) is 0 Å². The van der Waals surface area contributed by atoms with E-state index in [1.165, 1.54) is 0 Å². The van der Waals surface area contributed by atoms with Gasteiger partial charge >= 0.3 is 0 Å². The third kappa shape index (κ3) is 1.58. The van der Waals surface area contributed by atoms with Gasteiger partial charge in [0.15, 0.2) is 0 Å². The zero-order valence-electron chi connectivity index (χ0n) is 5.03. The summed E-state index contributed by atoms with van der Waals surface area (Å²) in [6.07, 6.45) is 0. The zero-order valence-corrected chi connectivity index (χ0v) is 5.93. The molecule has 0 unspecified atom stereocenters. The predicted octanol–water partition coefficient (Wildman–Crippen LogP) is 1.31. The fraction of sp³-hybridized carbons (Fsp3) is 0.167. The lowest BCUT2D eigenvalue weighted by Gasteiger charge is -1.88. The van der Waals surface area contributed by atoms with Gasteiger partial charge in [0.05, 0.1) is 0 Å². The number of hydrogen-bond acceptors (Lipinski definition) is 2. The van der Waals surface area contributed by atoms with Crippen molar-refractivity contribution in [2.75, 3.05) is 0 Å². The smallest absolute Gasteiger partial charge is 0.212 e. The standard InChI is InChI=1S/C6H6NOP/c1-5-3-2-4-6(7-5)9-8/h2-4H,1H3. The molecule has 3 heteroatoms. The minimum atomic E-state index is -0.00642. The minimum Gasteiger partial charge on any atom is -0.268 e. The van der Waals surface area contributed by atoms with Crippen molar-refractivity contribution in [2.24, 2.45) is 0 Å². The molecule has 0 fully saturated rings. The van der Waals surface area contributed by atoms with E-state index in [9.17, 15) is 4.57 Å². The Bertz CT molecular complexity index is 224. The summed E-state index contributed by atoms with van der Waals surface area (Å²) in [5.41, 5.74) is 1.49. The summed E-state index contributed by atoms with van der Waals surface area (Å²) in [5.74, 6) is 0. The Morgan fingerprint density at radius 2 is 2.33 bits per heavy atom. The molecule has 1 heterocycles. The van der Waals surface area contributed by atoms with Gasteiger partial charge in [-0.2, -0.15) is 0 Å². The van der Waals surface area contributed by atoms with E-state index in [0.29, 0.717) is 5.44 Å². The highest BCUT2D eigenvalue weighted by Crippen LogP contribution is 1.93. The van der Waals surface area contributed by atoms with Crippen LogP contribution in [0.2, 0.25) is 0 Å². The van der Waals surface area contributed by atoms with E-state index < -0.39 is 0 Å². The number of aryl methyl sites for hydroxylation is 1. The average molecular weight is 139 g/mol. The van der Waals surface area contributed by atoms with Crippen LogP contribution in [0, 0.1) is 6.92 Å². The third-order valence-corrected chi connectivity index (χ3v) is 1.40. The summed E-state index contributed by atoms with van der Waals surface area (Å²) < 4.78 is 10.2. The SMILES string of the molecule is Cc1cccc(P=O)n1. The highest BCUT2D eigenvalue weighted by atomic mass is 31.1. The maximum atomic E-state index is 10.2. The van der Waals surface area contributed by atoms with Crippen molar-refractivity contribution in [2.45, 2.75) is 6.92 Å². The maximum Gasteiger partial charge on any atom is 0.212 e. The van der Waals surface area contributed by atoms with Crippen molar-refractivity contribution in [3.05, 3.63) is 23.9 Å². The summed E-state index contributed by atoms with van der Waals surface area (Å²) in [6, 6.07) is 5.43. The Morgan fingerprint density at radius 1 is 1.56 bits per heavy atom. The molecule has 0 saturated carbocycles. The summed E-state index contributed by atoms with van der Waals surface area (Å²) >= 11 is 0. The van der Waals surface area contributed by atoms with E-state index >= 15 is 0 Å². The van der Waals surface area contributed by atoms with Gasteiger partial charge in [0.1, 0.15) is 5.44 Å². The first-order valence-corrected chi connectivity index (χ1v) is 3.41. The molecule has 2 nitrogen and oxygen atoms in total. The zero-order chi connectivity index (χ0) is 6.69. The van der Waals surface area contributed by atoms with Gasteiger partial charge in [0.2, 0.25) is 8.46 Å². The number of pyridine rings is 1. The molecule has 1 aromatic rings. The van der Waals surface area contributed by atoms with Gasteiger partial charge in [0, 0.05) is 5.69 Å². The van der Waals surface area contributed by atoms with Crippen molar-refractivity contribution in [3.8, 4) is 0 Å². The summed E-state index contributed by atoms with van der Waals surface area (Å²) in [5, 5.41) is 0. The fourth-order valence-electron chi connectivity index (χ4n) is 0.579. The molecule has 0 amide bonds. The molecule has 46 valence electrons. The quantitative estimate of drug-likeness (QED) is 0.549. The first-order chi connectivity index (χ1) is 4.33. The van der Waals surface area contributed by atoms with Gasteiger partial charge in [-0.1, -0.05) is 6.07 Å². The van der Waals surface area contributed by atoms with E-state index in [0.717, 1.165) is 5.69 Å². The highest BCUT2D eigenvalue weighted by molar-refractivity contribution is 7.33. The largest absolute Gasteiger partial charge is 0.268 e.